The molecule has 0 unspecified atom stereocenters. The Morgan fingerprint density at radius 3 is 1.43 bits per heavy atom. The van der Waals surface area contributed by atoms with Crippen molar-refractivity contribution >= 4 is 23.5 Å². The summed E-state index contributed by atoms with van der Waals surface area (Å²) in [5.74, 6) is 3.96. The quantitative estimate of drug-likeness (QED) is 0.147. The summed E-state index contributed by atoms with van der Waals surface area (Å²) in [7, 11) is 0. The zero-order valence-corrected chi connectivity index (χ0v) is 22.3. The van der Waals surface area contributed by atoms with E-state index in [2.05, 4.69) is 104 Å². The molecule has 0 spiro atoms. The molecule has 2 aromatic heterocycles. The highest BCUT2D eigenvalue weighted by Crippen LogP contribution is 2.24. The lowest BCUT2D eigenvalue weighted by atomic mass is 10.2. The molecule has 0 saturated carbocycles. The lowest BCUT2D eigenvalue weighted by Gasteiger charge is -2.12. The van der Waals surface area contributed by atoms with Gasteiger partial charge in [-0.3, -0.25) is 0 Å². The third-order valence-electron chi connectivity index (χ3n) is 5.73. The molecule has 0 aliphatic carbocycles. The van der Waals surface area contributed by atoms with Gasteiger partial charge in [0.05, 0.1) is 19.5 Å². The summed E-state index contributed by atoms with van der Waals surface area (Å²) < 4.78 is 4.50. The average Bonchev–Trinajstić information content (AvgIpc) is 3.44. The molecular formula is C27H34N6S2. The normalized spacial score (nSPS) is 11.3. The molecule has 6 nitrogen and oxygen atoms in total. The second-order valence-electron chi connectivity index (χ2n) is 8.52. The van der Waals surface area contributed by atoms with E-state index in [1.165, 1.54) is 36.8 Å². The topological polar surface area (TPSA) is 61.4 Å². The van der Waals surface area contributed by atoms with Crippen molar-refractivity contribution < 1.29 is 0 Å². The summed E-state index contributed by atoms with van der Waals surface area (Å²) in [5.41, 5.74) is 2.49. The summed E-state index contributed by atoms with van der Waals surface area (Å²) in [4.78, 5) is 0. The molecule has 2 heterocycles. The maximum Gasteiger partial charge on any atom is 0.191 e. The Morgan fingerprint density at radius 1 is 0.600 bits per heavy atom. The van der Waals surface area contributed by atoms with E-state index in [1.54, 1.807) is 23.5 Å². The lowest BCUT2D eigenvalue weighted by molar-refractivity contribution is 0.638. The van der Waals surface area contributed by atoms with Gasteiger partial charge in [-0.1, -0.05) is 111 Å². The minimum Gasteiger partial charge on any atom is -0.301 e. The van der Waals surface area contributed by atoms with Crippen LogP contribution in [0.3, 0.4) is 0 Å². The van der Waals surface area contributed by atoms with Crippen molar-refractivity contribution in [2.45, 2.75) is 69.4 Å². The Kier molecular flexibility index (Phi) is 9.84. The zero-order chi connectivity index (χ0) is 24.3. The van der Waals surface area contributed by atoms with Gasteiger partial charge >= 0.3 is 0 Å². The van der Waals surface area contributed by atoms with Crippen molar-refractivity contribution in [2.24, 2.45) is 0 Å². The van der Waals surface area contributed by atoms with Crippen LogP contribution >= 0.6 is 23.5 Å². The van der Waals surface area contributed by atoms with Crippen molar-refractivity contribution in [3.05, 3.63) is 83.4 Å². The van der Waals surface area contributed by atoms with Gasteiger partial charge in [-0.05, 0) is 24.0 Å². The zero-order valence-electron chi connectivity index (χ0n) is 20.6. The number of hydrogen-bond acceptors (Lipinski definition) is 6. The molecule has 2 aromatic carbocycles. The van der Waals surface area contributed by atoms with Crippen LogP contribution in [-0.4, -0.2) is 41.0 Å². The van der Waals surface area contributed by atoms with E-state index in [1.807, 2.05) is 0 Å². The van der Waals surface area contributed by atoms with E-state index < -0.39 is 0 Å². The van der Waals surface area contributed by atoms with Gasteiger partial charge in [0.2, 0.25) is 0 Å². The first-order valence-corrected chi connectivity index (χ1v) is 14.4. The van der Waals surface area contributed by atoms with Gasteiger partial charge in [0.25, 0.3) is 0 Å². The van der Waals surface area contributed by atoms with Gasteiger partial charge in [0.1, 0.15) is 11.6 Å². The van der Waals surface area contributed by atoms with Gasteiger partial charge in [-0.2, -0.15) is 0 Å². The van der Waals surface area contributed by atoms with Crippen molar-refractivity contribution in [3.8, 4) is 0 Å². The predicted octanol–water partition coefficient (Wildman–Crippen LogP) is 6.34. The minimum absolute atomic E-state index is 0.600. The summed E-state index contributed by atoms with van der Waals surface area (Å²) in [6.45, 7) is 5.94. The third kappa shape index (κ3) is 7.21. The summed E-state index contributed by atoms with van der Waals surface area (Å²) in [6, 6.07) is 21.1. The van der Waals surface area contributed by atoms with Gasteiger partial charge < -0.3 is 9.13 Å². The fraction of sp³-hybridized carbons (Fsp3) is 0.407. The molecule has 8 heteroatoms. The van der Waals surface area contributed by atoms with Crippen LogP contribution in [0.4, 0.5) is 0 Å². The molecule has 0 radical (unpaired) electrons. The van der Waals surface area contributed by atoms with Crippen LogP contribution in [0.1, 0.15) is 62.3 Å². The first kappa shape index (κ1) is 25.5. The highest BCUT2D eigenvalue weighted by atomic mass is 32.2. The molecule has 0 N–H and O–H groups in total. The van der Waals surface area contributed by atoms with Crippen LogP contribution in [0, 0.1) is 0 Å². The molecule has 35 heavy (non-hydrogen) atoms. The number of benzene rings is 2. The van der Waals surface area contributed by atoms with E-state index in [4.69, 9.17) is 0 Å². The molecule has 4 aromatic rings. The molecule has 0 aliphatic heterocycles. The second-order valence-corrected chi connectivity index (χ2v) is 10.6. The Balaban J connectivity index is 1.62. The first-order valence-electron chi connectivity index (χ1n) is 12.5. The van der Waals surface area contributed by atoms with E-state index in [0.29, 0.717) is 6.42 Å². The molecule has 0 atom stereocenters. The Labute approximate surface area is 217 Å². The third-order valence-corrected chi connectivity index (χ3v) is 7.83. The fourth-order valence-electron chi connectivity index (χ4n) is 3.72. The van der Waals surface area contributed by atoms with Gasteiger partial charge in [0, 0.05) is 11.5 Å². The van der Waals surface area contributed by atoms with E-state index >= 15 is 0 Å². The molecule has 4 rings (SSSR count). The van der Waals surface area contributed by atoms with E-state index in [9.17, 15) is 0 Å². The molecule has 0 aliphatic rings. The smallest absolute Gasteiger partial charge is 0.191 e. The van der Waals surface area contributed by atoms with Crippen LogP contribution in [0.5, 0.6) is 0 Å². The van der Waals surface area contributed by atoms with Crippen LogP contribution in [-0.2, 0) is 19.5 Å². The molecule has 0 bridgehead atoms. The number of nitrogens with zero attached hydrogens (tertiary/aromatic N) is 6. The minimum atomic E-state index is 0.600. The second kappa shape index (κ2) is 13.5. The Hall–Kier alpha value is -2.58. The van der Waals surface area contributed by atoms with Gasteiger partial charge in [0.15, 0.2) is 10.3 Å². The van der Waals surface area contributed by atoms with Crippen LogP contribution in [0.25, 0.3) is 0 Å². The molecule has 184 valence electrons. The maximum absolute atomic E-state index is 4.62. The Morgan fingerprint density at radius 2 is 1.03 bits per heavy atom. The average molecular weight is 507 g/mol. The highest BCUT2D eigenvalue weighted by molar-refractivity contribution is 7.99. The monoisotopic (exact) mass is 506 g/mol. The van der Waals surface area contributed by atoms with Crippen LogP contribution in [0.2, 0.25) is 0 Å². The van der Waals surface area contributed by atoms with Crippen molar-refractivity contribution in [1.82, 2.24) is 29.5 Å². The maximum atomic E-state index is 4.62. The number of thioether (sulfide) groups is 2. The first-order chi connectivity index (χ1) is 17.3. The van der Waals surface area contributed by atoms with Crippen molar-refractivity contribution in [1.29, 1.82) is 0 Å². The van der Waals surface area contributed by atoms with Crippen molar-refractivity contribution in [3.63, 3.8) is 0 Å². The summed E-state index contributed by atoms with van der Waals surface area (Å²) in [5, 5.41) is 20.3. The molecule has 0 saturated heterocycles. The number of aromatic nitrogens is 6. The highest BCUT2D eigenvalue weighted by Gasteiger charge is 2.19. The fourth-order valence-corrected chi connectivity index (χ4v) is 5.80. The van der Waals surface area contributed by atoms with Gasteiger partial charge in [-0.25, -0.2) is 0 Å². The van der Waals surface area contributed by atoms with Crippen molar-refractivity contribution in [2.75, 3.05) is 11.5 Å². The SMILES string of the molecule is CCCCSc1nnc(Cc2nnc(SCCCC)n2Cc2ccccc2)n1Cc1ccccc1. The number of rotatable bonds is 14. The largest absolute Gasteiger partial charge is 0.301 e. The van der Waals surface area contributed by atoms with Crippen LogP contribution < -0.4 is 0 Å². The molecule has 0 fully saturated rings. The van der Waals surface area contributed by atoms with E-state index in [-0.39, 0.29) is 0 Å². The summed E-state index contributed by atoms with van der Waals surface area (Å²) in [6.07, 6.45) is 5.29. The Bertz CT molecular complexity index is 1070. The molecule has 0 amide bonds. The summed E-state index contributed by atoms with van der Waals surface area (Å²) >= 11 is 3.58. The van der Waals surface area contributed by atoms with E-state index in [0.717, 1.165) is 46.6 Å². The standard InChI is InChI=1S/C27H34N6S2/c1-3-5-17-34-26-30-28-24(32(26)20-22-13-9-7-10-14-22)19-25-29-31-27(35-18-6-4-2)33(25)21-23-15-11-8-12-16-23/h7-16H,3-6,17-21H2,1-2H3. The lowest BCUT2D eigenvalue weighted by Crippen LogP contribution is -2.12. The number of unbranched alkanes of at least 4 members (excludes halogenated alkanes) is 2. The molecular weight excluding hydrogens is 472 g/mol. The van der Waals surface area contributed by atoms with Gasteiger partial charge in [-0.15, -0.1) is 20.4 Å². The predicted molar refractivity (Wildman–Crippen MR) is 145 cm³/mol. The van der Waals surface area contributed by atoms with Crippen LogP contribution in [0.15, 0.2) is 71.0 Å². The number of hydrogen-bond donors (Lipinski definition) is 0.